The molecule has 0 saturated carbocycles. The van der Waals surface area contributed by atoms with Gasteiger partial charge in [0, 0.05) is 18.2 Å². The van der Waals surface area contributed by atoms with E-state index in [0.29, 0.717) is 23.6 Å². The monoisotopic (exact) mass is 441 g/mol. The number of carbonyl (C=O) groups is 2. The third kappa shape index (κ3) is 5.46. The van der Waals surface area contributed by atoms with Crippen molar-refractivity contribution in [3.8, 4) is 17.1 Å². The van der Waals surface area contributed by atoms with Crippen LogP contribution in [0.1, 0.15) is 27.7 Å². The average Bonchev–Trinajstić information content (AvgIpc) is 3.37. The molecule has 0 fully saturated rings. The average molecular weight is 441 g/mol. The van der Waals surface area contributed by atoms with E-state index in [4.69, 9.17) is 9.26 Å². The molecule has 1 aromatic heterocycles. The zero-order chi connectivity index (χ0) is 23.0. The van der Waals surface area contributed by atoms with Crippen LogP contribution in [0.3, 0.4) is 0 Å². The van der Waals surface area contributed by atoms with Crippen molar-refractivity contribution in [2.75, 3.05) is 7.11 Å². The molecule has 166 valence electrons. The Labute approximate surface area is 191 Å². The lowest BCUT2D eigenvalue weighted by molar-refractivity contribution is -0.123. The van der Waals surface area contributed by atoms with Crippen molar-refractivity contribution in [3.05, 3.63) is 108 Å². The number of carbonyl (C=O) groups excluding carboxylic acids is 2. The van der Waals surface area contributed by atoms with E-state index in [9.17, 15) is 9.59 Å². The molecule has 0 radical (unpaired) electrons. The van der Waals surface area contributed by atoms with Crippen LogP contribution in [0, 0.1) is 0 Å². The normalized spacial score (nSPS) is 11.4. The number of hydrogen-bond acceptors (Lipinski definition) is 5. The van der Waals surface area contributed by atoms with Crippen LogP contribution in [-0.2, 0) is 11.3 Å². The van der Waals surface area contributed by atoms with Gasteiger partial charge >= 0.3 is 0 Å². The molecule has 2 N–H and O–H groups in total. The van der Waals surface area contributed by atoms with E-state index < -0.39 is 11.9 Å². The number of methoxy groups -OCH3 is 1. The zero-order valence-corrected chi connectivity index (χ0v) is 18.0. The maximum atomic E-state index is 13.0. The van der Waals surface area contributed by atoms with Gasteiger partial charge in [0.15, 0.2) is 11.5 Å². The van der Waals surface area contributed by atoms with Gasteiger partial charge in [-0.3, -0.25) is 9.59 Å². The molecule has 0 saturated heterocycles. The van der Waals surface area contributed by atoms with Crippen molar-refractivity contribution in [2.45, 2.75) is 12.6 Å². The molecule has 0 aliphatic carbocycles. The van der Waals surface area contributed by atoms with Gasteiger partial charge in [0.1, 0.15) is 11.8 Å². The van der Waals surface area contributed by atoms with E-state index in [-0.39, 0.29) is 11.6 Å². The van der Waals surface area contributed by atoms with Gasteiger partial charge < -0.3 is 19.9 Å². The smallest absolute Gasteiger partial charge is 0.274 e. The highest BCUT2D eigenvalue weighted by molar-refractivity contribution is 5.97. The topological polar surface area (TPSA) is 93.5 Å². The molecule has 1 heterocycles. The van der Waals surface area contributed by atoms with Crippen LogP contribution in [-0.4, -0.2) is 24.1 Å². The number of amides is 2. The van der Waals surface area contributed by atoms with Gasteiger partial charge in [-0.25, -0.2) is 0 Å². The summed E-state index contributed by atoms with van der Waals surface area (Å²) < 4.78 is 10.6. The van der Waals surface area contributed by atoms with Crippen molar-refractivity contribution >= 4 is 11.8 Å². The zero-order valence-electron chi connectivity index (χ0n) is 18.0. The Hall–Kier alpha value is -4.39. The fraction of sp³-hybridized carbons (Fsp3) is 0.115. The van der Waals surface area contributed by atoms with E-state index in [1.165, 1.54) is 6.07 Å². The number of nitrogens with zero attached hydrogens (tertiary/aromatic N) is 1. The second kappa shape index (κ2) is 10.3. The molecule has 33 heavy (non-hydrogen) atoms. The van der Waals surface area contributed by atoms with Gasteiger partial charge in [-0.15, -0.1) is 0 Å². The lowest BCUT2D eigenvalue weighted by atomic mass is 10.1. The van der Waals surface area contributed by atoms with Crippen LogP contribution >= 0.6 is 0 Å². The first-order valence-corrected chi connectivity index (χ1v) is 10.4. The number of hydrogen-bond donors (Lipinski definition) is 2. The van der Waals surface area contributed by atoms with Crippen molar-refractivity contribution in [1.82, 2.24) is 15.8 Å². The molecular formula is C26H23N3O4. The summed E-state index contributed by atoms with van der Waals surface area (Å²) in [5, 5.41) is 9.55. The molecule has 2 amide bonds. The van der Waals surface area contributed by atoms with Gasteiger partial charge in [-0.05, 0) is 23.3 Å². The second-order valence-electron chi connectivity index (χ2n) is 7.33. The van der Waals surface area contributed by atoms with Gasteiger partial charge in [-0.1, -0.05) is 78.0 Å². The standard InChI is InChI=1S/C26H23N3O4/c1-32-21-14-8-13-20(15-21)23-16-22(29-33-23)25(30)28-24(19-11-6-3-7-12-19)26(31)27-17-18-9-4-2-5-10-18/h2-16,24H,17H2,1H3,(H,27,31)(H,28,30)/t24-/m0/s1. The van der Waals surface area contributed by atoms with E-state index in [1.807, 2.05) is 66.7 Å². The minimum Gasteiger partial charge on any atom is -0.497 e. The summed E-state index contributed by atoms with van der Waals surface area (Å²) in [6, 6.07) is 26.5. The molecular weight excluding hydrogens is 418 g/mol. The van der Waals surface area contributed by atoms with E-state index in [2.05, 4.69) is 15.8 Å². The Morgan fingerprint density at radius 1 is 0.939 bits per heavy atom. The van der Waals surface area contributed by atoms with Crippen molar-refractivity contribution in [1.29, 1.82) is 0 Å². The van der Waals surface area contributed by atoms with Crippen LogP contribution in [0.25, 0.3) is 11.3 Å². The summed E-state index contributed by atoms with van der Waals surface area (Å²) in [6.07, 6.45) is 0. The van der Waals surface area contributed by atoms with Crippen molar-refractivity contribution in [2.24, 2.45) is 0 Å². The maximum Gasteiger partial charge on any atom is 0.274 e. The van der Waals surface area contributed by atoms with Crippen LogP contribution < -0.4 is 15.4 Å². The molecule has 0 aliphatic rings. The summed E-state index contributed by atoms with van der Waals surface area (Å²) in [5.74, 6) is 0.240. The molecule has 3 aromatic carbocycles. The van der Waals surface area contributed by atoms with Crippen LogP contribution in [0.2, 0.25) is 0 Å². The summed E-state index contributed by atoms with van der Waals surface area (Å²) in [4.78, 5) is 25.9. The first-order chi connectivity index (χ1) is 16.1. The molecule has 7 nitrogen and oxygen atoms in total. The minimum absolute atomic E-state index is 0.0737. The highest BCUT2D eigenvalue weighted by Gasteiger charge is 2.25. The summed E-state index contributed by atoms with van der Waals surface area (Å²) in [7, 11) is 1.57. The first kappa shape index (κ1) is 21.8. The SMILES string of the molecule is COc1cccc(-c2cc(C(=O)N[C@H](C(=O)NCc3ccccc3)c3ccccc3)no2)c1. The van der Waals surface area contributed by atoms with Gasteiger partial charge in [0.25, 0.3) is 5.91 Å². The maximum absolute atomic E-state index is 13.0. The molecule has 7 heteroatoms. The van der Waals surface area contributed by atoms with Crippen LogP contribution in [0.15, 0.2) is 95.5 Å². The van der Waals surface area contributed by atoms with Gasteiger partial charge in [-0.2, -0.15) is 0 Å². The Morgan fingerprint density at radius 3 is 2.39 bits per heavy atom. The predicted octanol–water partition coefficient (Wildman–Crippen LogP) is 4.14. The summed E-state index contributed by atoms with van der Waals surface area (Å²) in [5.41, 5.74) is 2.42. The van der Waals surface area contributed by atoms with Crippen LogP contribution in [0.4, 0.5) is 0 Å². The number of ether oxygens (including phenoxy) is 1. The number of rotatable bonds is 8. The number of nitrogens with one attached hydrogen (secondary N) is 2. The number of benzene rings is 3. The Morgan fingerprint density at radius 2 is 1.67 bits per heavy atom. The summed E-state index contributed by atoms with van der Waals surface area (Å²) in [6.45, 7) is 0.350. The fourth-order valence-corrected chi connectivity index (χ4v) is 3.33. The molecule has 4 aromatic rings. The highest BCUT2D eigenvalue weighted by atomic mass is 16.5. The summed E-state index contributed by atoms with van der Waals surface area (Å²) >= 11 is 0. The molecule has 1 atom stereocenters. The van der Waals surface area contributed by atoms with Gasteiger partial charge in [0.05, 0.1) is 7.11 Å². The lowest BCUT2D eigenvalue weighted by Crippen LogP contribution is -2.40. The minimum atomic E-state index is -0.889. The Bertz CT molecular complexity index is 1220. The third-order valence-corrected chi connectivity index (χ3v) is 5.08. The molecule has 0 aliphatic heterocycles. The highest BCUT2D eigenvalue weighted by Crippen LogP contribution is 2.25. The molecule has 0 bridgehead atoms. The van der Waals surface area contributed by atoms with Crippen molar-refractivity contribution in [3.63, 3.8) is 0 Å². The second-order valence-corrected chi connectivity index (χ2v) is 7.33. The lowest BCUT2D eigenvalue weighted by Gasteiger charge is -2.18. The van der Waals surface area contributed by atoms with E-state index in [0.717, 1.165) is 11.1 Å². The molecule has 0 unspecified atom stereocenters. The van der Waals surface area contributed by atoms with Crippen molar-refractivity contribution < 1.29 is 18.8 Å². The predicted molar refractivity (Wildman–Crippen MR) is 123 cm³/mol. The first-order valence-electron chi connectivity index (χ1n) is 10.4. The van der Waals surface area contributed by atoms with Crippen LogP contribution in [0.5, 0.6) is 5.75 Å². The Kier molecular flexibility index (Phi) is 6.80. The Balaban J connectivity index is 1.50. The third-order valence-electron chi connectivity index (χ3n) is 5.08. The molecule has 0 spiro atoms. The van der Waals surface area contributed by atoms with E-state index >= 15 is 0 Å². The molecule has 4 rings (SSSR count). The fourth-order valence-electron chi connectivity index (χ4n) is 3.33. The quantitative estimate of drug-likeness (QED) is 0.429. The number of aromatic nitrogens is 1. The van der Waals surface area contributed by atoms with E-state index in [1.54, 1.807) is 25.3 Å². The van der Waals surface area contributed by atoms with Gasteiger partial charge in [0.2, 0.25) is 5.91 Å². The largest absolute Gasteiger partial charge is 0.497 e.